The van der Waals surface area contributed by atoms with Crippen molar-refractivity contribution in [1.29, 1.82) is 0 Å². The molecule has 0 heterocycles. The molecule has 184 valence electrons. The first kappa shape index (κ1) is 25.8. The third kappa shape index (κ3) is 6.83. The molecule has 0 aliphatic heterocycles. The zero-order valence-corrected chi connectivity index (χ0v) is 20.9. The number of hydrogen-bond acceptors (Lipinski definition) is 5. The number of sulfonamides is 1. The van der Waals surface area contributed by atoms with Gasteiger partial charge in [0.15, 0.2) is 6.61 Å². The topological polar surface area (TPSA) is 105 Å². The van der Waals surface area contributed by atoms with Crippen LogP contribution in [-0.2, 0) is 19.6 Å². The van der Waals surface area contributed by atoms with E-state index in [1.54, 1.807) is 24.3 Å². The maximum atomic E-state index is 13.0. The SMILES string of the molecule is CC(=O)Nc1ccc(S(=O)(=O)N(C)c2ccc(OCC(=O)Nc3cccc(C(C)C)c3)cc2)cc1. The molecule has 0 fully saturated rings. The molecule has 3 aromatic rings. The summed E-state index contributed by atoms with van der Waals surface area (Å²) in [6.07, 6.45) is 0. The lowest BCUT2D eigenvalue weighted by Gasteiger charge is -2.20. The highest BCUT2D eigenvalue weighted by Gasteiger charge is 2.21. The summed E-state index contributed by atoms with van der Waals surface area (Å²) >= 11 is 0. The van der Waals surface area contributed by atoms with Gasteiger partial charge in [-0.1, -0.05) is 26.0 Å². The molecule has 0 aromatic heterocycles. The van der Waals surface area contributed by atoms with Gasteiger partial charge in [0.05, 0.1) is 10.6 Å². The van der Waals surface area contributed by atoms with Crippen LogP contribution in [0.5, 0.6) is 5.75 Å². The van der Waals surface area contributed by atoms with Crippen molar-refractivity contribution in [2.24, 2.45) is 0 Å². The summed E-state index contributed by atoms with van der Waals surface area (Å²) in [7, 11) is -2.35. The van der Waals surface area contributed by atoms with Crippen molar-refractivity contribution >= 4 is 38.9 Å². The average Bonchev–Trinajstić information content (AvgIpc) is 2.82. The monoisotopic (exact) mass is 495 g/mol. The largest absolute Gasteiger partial charge is 0.484 e. The van der Waals surface area contributed by atoms with Crippen LogP contribution in [0, 0.1) is 0 Å². The quantitative estimate of drug-likeness (QED) is 0.451. The van der Waals surface area contributed by atoms with Crippen LogP contribution in [0.15, 0.2) is 77.7 Å². The van der Waals surface area contributed by atoms with Crippen molar-refractivity contribution in [2.75, 3.05) is 28.6 Å². The second-order valence-corrected chi connectivity index (χ2v) is 10.3. The molecule has 0 spiro atoms. The molecular formula is C26H29N3O5S. The molecule has 0 aliphatic carbocycles. The number of hydrogen-bond donors (Lipinski definition) is 2. The maximum Gasteiger partial charge on any atom is 0.264 e. The lowest BCUT2D eigenvalue weighted by Crippen LogP contribution is -2.26. The van der Waals surface area contributed by atoms with Gasteiger partial charge in [0.1, 0.15) is 5.75 Å². The van der Waals surface area contributed by atoms with E-state index in [9.17, 15) is 18.0 Å². The molecule has 9 heteroatoms. The molecule has 0 aliphatic rings. The lowest BCUT2D eigenvalue weighted by atomic mass is 10.0. The minimum atomic E-state index is -3.80. The number of rotatable bonds is 9. The van der Waals surface area contributed by atoms with Gasteiger partial charge in [0, 0.05) is 25.3 Å². The minimum absolute atomic E-state index is 0.0904. The van der Waals surface area contributed by atoms with Crippen LogP contribution in [0.1, 0.15) is 32.3 Å². The Morgan fingerprint density at radius 3 is 2.17 bits per heavy atom. The van der Waals surface area contributed by atoms with E-state index in [0.29, 0.717) is 28.7 Å². The van der Waals surface area contributed by atoms with Crippen molar-refractivity contribution in [3.63, 3.8) is 0 Å². The van der Waals surface area contributed by atoms with E-state index < -0.39 is 10.0 Å². The fourth-order valence-electron chi connectivity index (χ4n) is 3.28. The fourth-order valence-corrected chi connectivity index (χ4v) is 4.48. The third-order valence-corrected chi connectivity index (χ3v) is 7.04. The van der Waals surface area contributed by atoms with Crippen LogP contribution in [-0.4, -0.2) is 33.9 Å². The Labute approximate surface area is 206 Å². The van der Waals surface area contributed by atoms with Gasteiger partial charge < -0.3 is 15.4 Å². The summed E-state index contributed by atoms with van der Waals surface area (Å²) in [6, 6.07) is 20.0. The predicted octanol–water partition coefficient (Wildman–Crippen LogP) is 4.61. The van der Waals surface area contributed by atoms with Crippen LogP contribution in [0.2, 0.25) is 0 Å². The van der Waals surface area contributed by atoms with Crippen molar-refractivity contribution in [1.82, 2.24) is 0 Å². The van der Waals surface area contributed by atoms with E-state index in [-0.39, 0.29) is 23.3 Å². The molecule has 0 unspecified atom stereocenters. The first-order chi connectivity index (χ1) is 16.6. The second kappa shape index (κ2) is 11.1. The number of carbonyl (C=O) groups is 2. The van der Waals surface area contributed by atoms with Crippen molar-refractivity contribution < 1.29 is 22.7 Å². The maximum absolute atomic E-state index is 13.0. The smallest absolute Gasteiger partial charge is 0.264 e. The number of benzene rings is 3. The average molecular weight is 496 g/mol. The van der Waals surface area contributed by atoms with Crippen molar-refractivity contribution in [3.05, 3.63) is 78.4 Å². The van der Waals surface area contributed by atoms with Gasteiger partial charge in [-0.3, -0.25) is 13.9 Å². The minimum Gasteiger partial charge on any atom is -0.484 e. The second-order valence-electron chi connectivity index (χ2n) is 8.29. The van der Waals surface area contributed by atoms with E-state index in [2.05, 4.69) is 24.5 Å². The number of amides is 2. The molecule has 0 saturated carbocycles. The predicted molar refractivity (Wildman–Crippen MR) is 137 cm³/mol. The fraction of sp³-hybridized carbons (Fsp3) is 0.231. The van der Waals surface area contributed by atoms with Crippen LogP contribution < -0.4 is 19.7 Å². The highest BCUT2D eigenvalue weighted by atomic mass is 32.2. The number of carbonyl (C=O) groups excluding carboxylic acids is 2. The highest BCUT2D eigenvalue weighted by molar-refractivity contribution is 7.92. The molecule has 0 saturated heterocycles. The molecule has 0 bridgehead atoms. The molecular weight excluding hydrogens is 466 g/mol. The molecule has 3 rings (SSSR count). The summed E-state index contributed by atoms with van der Waals surface area (Å²) in [6.45, 7) is 5.37. The van der Waals surface area contributed by atoms with Crippen LogP contribution in [0.25, 0.3) is 0 Å². The molecule has 35 heavy (non-hydrogen) atoms. The first-order valence-electron chi connectivity index (χ1n) is 11.1. The van der Waals surface area contributed by atoms with Crippen LogP contribution in [0.3, 0.4) is 0 Å². The number of ether oxygens (including phenoxy) is 1. The van der Waals surface area contributed by atoms with Crippen LogP contribution in [0.4, 0.5) is 17.1 Å². The van der Waals surface area contributed by atoms with Gasteiger partial charge in [-0.15, -0.1) is 0 Å². The summed E-state index contributed by atoms with van der Waals surface area (Å²) < 4.78 is 32.6. The Morgan fingerprint density at radius 2 is 1.57 bits per heavy atom. The Bertz CT molecular complexity index is 1290. The molecule has 3 aromatic carbocycles. The number of anilines is 3. The van der Waals surface area contributed by atoms with Gasteiger partial charge in [0.2, 0.25) is 5.91 Å². The lowest BCUT2D eigenvalue weighted by molar-refractivity contribution is -0.118. The Kier molecular flexibility index (Phi) is 8.14. The molecule has 8 nitrogen and oxygen atoms in total. The van der Waals surface area contributed by atoms with Crippen molar-refractivity contribution in [3.8, 4) is 5.75 Å². The summed E-state index contributed by atoms with van der Waals surface area (Å²) in [5, 5.41) is 5.42. The van der Waals surface area contributed by atoms with Gasteiger partial charge in [0.25, 0.3) is 15.9 Å². The molecule has 2 N–H and O–H groups in total. The summed E-state index contributed by atoms with van der Waals surface area (Å²) in [5.74, 6) is 0.257. The van der Waals surface area contributed by atoms with Gasteiger partial charge >= 0.3 is 0 Å². The number of nitrogens with zero attached hydrogens (tertiary/aromatic N) is 1. The normalized spacial score (nSPS) is 11.1. The van der Waals surface area contributed by atoms with E-state index >= 15 is 0 Å². The summed E-state index contributed by atoms with van der Waals surface area (Å²) in [4.78, 5) is 23.5. The standard InChI is InChI=1S/C26H29N3O5S/c1-18(2)20-6-5-7-22(16-20)28-26(31)17-34-24-12-10-23(11-13-24)29(4)35(32,33)25-14-8-21(9-15-25)27-19(3)30/h5-16,18H,17H2,1-4H3,(H,27,30)(H,28,31). The Morgan fingerprint density at radius 1 is 0.914 bits per heavy atom. The molecule has 0 atom stereocenters. The van der Waals surface area contributed by atoms with Gasteiger partial charge in [-0.05, 0) is 72.1 Å². The van der Waals surface area contributed by atoms with Gasteiger partial charge in [-0.2, -0.15) is 0 Å². The van der Waals surface area contributed by atoms with E-state index in [0.717, 1.165) is 9.87 Å². The Balaban J connectivity index is 1.60. The summed E-state index contributed by atoms with van der Waals surface area (Å²) in [5.41, 5.74) is 2.77. The van der Waals surface area contributed by atoms with E-state index in [1.165, 1.54) is 38.2 Å². The zero-order chi connectivity index (χ0) is 25.6. The van der Waals surface area contributed by atoms with Crippen LogP contribution >= 0.6 is 0 Å². The molecule has 0 radical (unpaired) electrons. The first-order valence-corrected chi connectivity index (χ1v) is 12.5. The third-order valence-electron chi connectivity index (χ3n) is 5.24. The number of nitrogens with one attached hydrogen (secondary N) is 2. The highest BCUT2D eigenvalue weighted by Crippen LogP contribution is 2.25. The van der Waals surface area contributed by atoms with E-state index in [1.807, 2.05) is 24.3 Å². The van der Waals surface area contributed by atoms with Gasteiger partial charge in [-0.25, -0.2) is 8.42 Å². The Hall–Kier alpha value is -3.85. The van der Waals surface area contributed by atoms with E-state index in [4.69, 9.17) is 4.74 Å². The molecule has 2 amide bonds. The zero-order valence-electron chi connectivity index (χ0n) is 20.1. The van der Waals surface area contributed by atoms with Crippen molar-refractivity contribution in [2.45, 2.75) is 31.6 Å².